The quantitative estimate of drug-likeness (QED) is 0.881. The average molecular weight is 256 g/mol. The van der Waals surface area contributed by atoms with E-state index < -0.39 is 17.6 Å². The van der Waals surface area contributed by atoms with Gasteiger partial charge in [0.2, 0.25) is 0 Å². The average Bonchev–Trinajstić information content (AvgIpc) is 2.33. The van der Waals surface area contributed by atoms with Gasteiger partial charge in [-0.05, 0) is 12.1 Å². The van der Waals surface area contributed by atoms with Crippen LogP contribution in [0.2, 0.25) is 0 Å². The second kappa shape index (κ2) is 5.30. The summed E-state index contributed by atoms with van der Waals surface area (Å²) in [5.74, 6) is -2.57. The van der Waals surface area contributed by atoms with E-state index in [1.807, 2.05) is 9.80 Å². The van der Waals surface area contributed by atoms with Crippen LogP contribution in [0.4, 0.5) is 14.5 Å². The highest BCUT2D eigenvalue weighted by molar-refractivity contribution is 5.69. The molecule has 0 aromatic heterocycles. The maximum absolute atomic E-state index is 13.1. The van der Waals surface area contributed by atoms with Gasteiger partial charge >= 0.3 is 5.97 Å². The Morgan fingerprint density at radius 2 is 1.83 bits per heavy atom. The zero-order valence-electron chi connectivity index (χ0n) is 9.77. The predicted octanol–water partition coefficient (Wildman–Crippen LogP) is 1.17. The van der Waals surface area contributed by atoms with Gasteiger partial charge < -0.3 is 10.0 Å². The fourth-order valence-corrected chi connectivity index (χ4v) is 2.04. The van der Waals surface area contributed by atoms with Crippen LogP contribution in [0.3, 0.4) is 0 Å². The van der Waals surface area contributed by atoms with Crippen molar-refractivity contribution in [2.45, 2.75) is 0 Å². The fraction of sp³-hybridized carbons (Fsp3) is 0.417. The smallest absolute Gasteiger partial charge is 0.317 e. The molecule has 1 saturated heterocycles. The first-order chi connectivity index (χ1) is 8.56. The monoisotopic (exact) mass is 256 g/mol. The van der Waals surface area contributed by atoms with E-state index in [2.05, 4.69) is 0 Å². The summed E-state index contributed by atoms with van der Waals surface area (Å²) in [5, 5.41) is 8.67. The Bertz CT molecular complexity index is 446. The Balaban J connectivity index is 1.96. The van der Waals surface area contributed by atoms with Gasteiger partial charge in [-0.1, -0.05) is 0 Å². The lowest BCUT2D eigenvalue weighted by Gasteiger charge is -2.35. The van der Waals surface area contributed by atoms with Crippen LogP contribution in [0.5, 0.6) is 0 Å². The van der Waals surface area contributed by atoms with Crippen molar-refractivity contribution < 1.29 is 18.7 Å². The number of hydrogen-bond acceptors (Lipinski definition) is 3. The topological polar surface area (TPSA) is 43.8 Å². The summed E-state index contributed by atoms with van der Waals surface area (Å²) in [5.41, 5.74) is 0.629. The first kappa shape index (κ1) is 12.8. The van der Waals surface area contributed by atoms with E-state index in [-0.39, 0.29) is 6.54 Å². The second-order valence-corrected chi connectivity index (χ2v) is 4.26. The highest BCUT2D eigenvalue weighted by atomic mass is 19.2. The molecule has 2 rings (SSSR count). The van der Waals surface area contributed by atoms with Crippen molar-refractivity contribution >= 4 is 11.7 Å². The molecule has 1 aromatic carbocycles. The lowest BCUT2D eigenvalue weighted by atomic mass is 10.2. The molecular weight excluding hydrogens is 242 g/mol. The lowest BCUT2D eigenvalue weighted by Crippen LogP contribution is -2.48. The van der Waals surface area contributed by atoms with E-state index in [0.717, 1.165) is 6.07 Å². The molecule has 1 aliphatic rings. The van der Waals surface area contributed by atoms with E-state index in [9.17, 15) is 13.6 Å². The van der Waals surface area contributed by atoms with Crippen molar-refractivity contribution in [3.05, 3.63) is 29.8 Å². The minimum absolute atomic E-state index is 0.0195. The maximum atomic E-state index is 13.1. The minimum Gasteiger partial charge on any atom is -0.480 e. The summed E-state index contributed by atoms with van der Waals surface area (Å²) in [7, 11) is 0. The van der Waals surface area contributed by atoms with Crippen molar-refractivity contribution in [3.8, 4) is 0 Å². The first-order valence-electron chi connectivity index (χ1n) is 5.70. The SMILES string of the molecule is O=C(O)CN1CCN(c2ccc(F)c(F)c2)CC1. The van der Waals surface area contributed by atoms with Gasteiger partial charge in [0.05, 0.1) is 6.54 Å². The molecule has 18 heavy (non-hydrogen) atoms. The minimum atomic E-state index is -0.861. The van der Waals surface area contributed by atoms with Crippen LogP contribution in [0, 0.1) is 11.6 Å². The van der Waals surface area contributed by atoms with E-state index in [1.54, 1.807) is 0 Å². The van der Waals surface area contributed by atoms with Crippen LogP contribution in [0.15, 0.2) is 18.2 Å². The fourth-order valence-electron chi connectivity index (χ4n) is 2.04. The van der Waals surface area contributed by atoms with Crippen LogP contribution in [-0.4, -0.2) is 48.7 Å². The van der Waals surface area contributed by atoms with Crippen LogP contribution < -0.4 is 4.90 Å². The third-order valence-corrected chi connectivity index (χ3v) is 3.00. The third kappa shape index (κ3) is 2.95. The largest absolute Gasteiger partial charge is 0.480 e. The number of halogens is 2. The van der Waals surface area contributed by atoms with Gasteiger partial charge in [-0.15, -0.1) is 0 Å². The predicted molar refractivity (Wildman–Crippen MR) is 62.6 cm³/mol. The molecule has 1 aromatic rings. The van der Waals surface area contributed by atoms with Crippen molar-refractivity contribution in [1.29, 1.82) is 0 Å². The zero-order chi connectivity index (χ0) is 13.1. The number of carboxylic acid groups (broad SMARTS) is 1. The molecule has 1 fully saturated rings. The number of piperazine rings is 1. The molecule has 0 atom stereocenters. The van der Waals surface area contributed by atoms with Crippen LogP contribution >= 0.6 is 0 Å². The van der Waals surface area contributed by atoms with E-state index in [4.69, 9.17) is 5.11 Å². The van der Waals surface area contributed by atoms with Crippen molar-refractivity contribution in [2.24, 2.45) is 0 Å². The third-order valence-electron chi connectivity index (χ3n) is 3.00. The van der Waals surface area contributed by atoms with Crippen LogP contribution in [0.25, 0.3) is 0 Å². The molecule has 0 spiro atoms. The summed E-state index contributed by atoms with van der Waals surface area (Å²) in [6, 6.07) is 3.81. The van der Waals surface area contributed by atoms with Crippen LogP contribution in [-0.2, 0) is 4.79 Å². The summed E-state index contributed by atoms with van der Waals surface area (Å²) >= 11 is 0. The molecule has 1 aliphatic heterocycles. The van der Waals surface area contributed by atoms with Gasteiger partial charge in [0, 0.05) is 37.9 Å². The van der Waals surface area contributed by atoms with Gasteiger partial charge in [-0.25, -0.2) is 8.78 Å². The van der Waals surface area contributed by atoms with E-state index in [0.29, 0.717) is 31.9 Å². The Kier molecular flexibility index (Phi) is 3.76. The molecule has 0 unspecified atom stereocenters. The Hall–Kier alpha value is -1.69. The molecule has 1 N–H and O–H groups in total. The van der Waals surface area contributed by atoms with Crippen molar-refractivity contribution in [2.75, 3.05) is 37.6 Å². The maximum Gasteiger partial charge on any atom is 0.317 e. The van der Waals surface area contributed by atoms with Gasteiger partial charge in [-0.2, -0.15) is 0 Å². The molecule has 98 valence electrons. The Morgan fingerprint density at radius 1 is 1.17 bits per heavy atom. The summed E-state index contributed by atoms with van der Waals surface area (Å²) in [4.78, 5) is 14.3. The molecule has 0 radical (unpaired) electrons. The zero-order valence-corrected chi connectivity index (χ0v) is 9.77. The van der Waals surface area contributed by atoms with Gasteiger partial charge in [-0.3, -0.25) is 9.69 Å². The molecule has 0 amide bonds. The summed E-state index contributed by atoms with van der Waals surface area (Å²) < 4.78 is 25.9. The number of benzene rings is 1. The molecule has 0 saturated carbocycles. The van der Waals surface area contributed by atoms with Gasteiger partial charge in [0.25, 0.3) is 0 Å². The van der Waals surface area contributed by atoms with Gasteiger partial charge in [0.15, 0.2) is 11.6 Å². The summed E-state index contributed by atoms with van der Waals surface area (Å²) in [6.07, 6.45) is 0. The number of rotatable bonds is 3. The number of aliphatic carboxylic acids is 1. The number of carbonyl (C=O) groups is 1. The summed E-state index contributed by atoms with van der Waals surface area (Å²) in [6.45, 7) is 2.44. The second-order valence-electron chi connectivity index (χ2n) is 4.26. The Morgan fingerprint density at radius 3 is 2.39 bits per heavy atom. The number of anilines is 1. The molecule has 1 heterocycles. The number of carboxylic acids is 1. The molecule has 0 aliphatic carbocycles. The van der Waals surface area contributed by atoms with Crippen molar-refractivity contribution in [1.82, 2.24) is 4.90 Å². The highest BCUT2D eigenvalue weighted by Gasteiger charge is 2.19. The van der Waals surface area contributed by atoms with E-state index in [1.165, 1.54) is 12.1 Å². The molecule has 6 heteroatoms. The highest BCUT2D eigenvalue weighted by Crippen LogP contribution is 2.19. The lowest BCUT2D eigenvalue weighted by molar-refractivity contribution is -0.138. The normalized spacial score (nSPS) is 16.9. The van der Waals surface area contributed by atoms with E-state index >= 15 is 0 Å². The molecule has 4 nitrogen and oxygen atoms in total. The molecular formula is C12H14F2N2O2. The number of hydrogen-bond donors (Lipinski definition) is 1. The van der Waals surface area contributed by atoms with Gasteiger partial charge in [0.1, 0.15) is 0 Å². The number of nitrogens with zero attached hydrogens (tertiary/aromatic N) is 2. The first-order valence-corrected chi connectivity index (χ1v) is 5.70. The Labute approximate surface area is 103 Å². The molecule has 0 bridgehead atoms. The van der Waals surface area contributed by atoms with Crippen LogP contribution in [0.1, 0.15) is 0 Å². The van der Waals surface area contributed by atoms with Crippen molar-refractivity contribution in [3.63, 3.8) is 0 Å². The standard InChI is InChI=1S/C12H14F2N2O2/c13-10-2-1-9(7-11(10)14)16-5-3-15(4-6-16)8-12(17)18/h1-2,7H,3-6,8H2,(H,17,18).